The number of hydrogen-bond acceptors (Lipinski definition) is 4. The van der Waals surface area contributed by atoms with Gasteiger partial charge in [0.2, 0.25) is 5.56 Å². The maximum atomic E-state index is 11.6. The van der Waals surface area contributed by atoms with E-state index in [-0.39, 0.29) is 5.56 Å². The number of aromatic nitrogens is 1. The van der Waals surface area contributed by atoms with Crippen molar-refractivity contribution in [2.45, 2.75) is 32.2 Å². The first-order valence-corrected chi connectivity index (χ1v) is 9.55. The van der Waals surface area contributed by atoms with Gasteiger partial charge in [0, 0.05) is 58.1 Å². The van der Waals surface area contributed by atoms with Gasteiger partial charge in [-0.2, -0.15) is 0 Å². The molecule has 1 unspecified atom stereocenters. The Labute approximate surface area is 155 Å². The van der Waals surface area contributed by atoms with E-state index < -0.39 is 0 Å². The molecular weight excluding hydrogens is 332 g/mol. The summed E-state index contributed by atoms with van der Waals surface area (Å²) in [6.07, 6.45) is 5.83. The third-order valence-electron chi connectivity index (χ3n) is 4.38. The average molecular weight is 364 g/mol. The van der Waals surface area contributed by atoms with E-state index in [0.717, 1.165) is 77.7 Å². The number of aliphatic imine (C=N–C) groups is 1. The molecular formula is C19H32N4O3. The summed E-state index contributed by atoms with van der Waals surface area (Å²) in [5, 5.41) is 6.59. The zero-order valence-corrected chi connectivity index (χ0v) is 15.8. The van der Waals surface area contributed by atoms with Crippen molar-refractivity contribution in [1.82, 2.24) is 15.2 Å². The summed E-state index contributed by atoms with van der Waals surface area (Å²) >= 11 is 0. The van der Waals surface area contributed by atoms with Crippen molar-refractivity contribution in [2.24, 2.45) is 10.9 Å². The summed E-state index contributed by atoms with van der Waals surface area (Å²) in [6.45, 7) is 5.69. The number of hydrogen-bond donors (Lipinski definition) is 2. The Balaban J connectivity index is 1.46. The molecule has 2 rings (SSSR count). The van der Waals surface area contributed by atoms with Crippen LogP contribution in [0.1, 0.15) is 25.7 Å². The van der Waals surface area contributed by atoms with Crippen LogP contribution in [0.3, 0.4) is 0 Å². The molecule has 1 aromatic rings. The van der Waals surface area contributed by atoms with Crippen LogP contribution in [-0.2, 0) is 16.0 Å². The van der Waals surface area contributed by atoms with Crippen LogP contribution in [0, 0.1) is 5.92 Å². The van der Waals surface area contributed by atoms with Crippen LogP contribution in [0.2, 0.25) is 0 Å². The molecule has 7 nitrogen and oxygen atoms in total. The smallest absolute Gasteiger partial charge is 0.250 e. The fourth-order valence-corrected chi connectivity index (χ4v) is 2.83. The lowest BCUT2D eigenvalue weighted by Crippen LogP contribution is -2.38. The number of rotatable bonds is 11. The Bertz CT molecular complexity index is 582. The lowest BCUT2D eigenvalue weighted by atomic mass is 10.1. The van der Waals surface area contributed by atoms with Crippen molar-refractivity contribution in [2.75, 3.05) is 46.6 Å². The van der Waals surface area contributed by atoms with Gasteiger partial charge in [-0.3, -0.25) is 9.79 Å². The SMILES string of the molecule is CN=C(NCCCCn1ccccc1=O)NCCCOCC1CCOC1. The largest absolute Gasteiger partial charge is 0.381 e. The summed E-state index contributed by atoms with van der Waals surface area (Å²) < 4.78 is 12.8. The van der Waals surface area contributed by atoms with Crippen molar-refractivity contribution in [3.8, 4) is 0 Å². The van der Waals surface area contributed by atoms with E-state index in [9.17, 15) is 4.79 Å². The molecule has 0 radical (unpaired) electrons. The first kappa shape index (κ1) is 20.5. The lowest BCUT2D eigenvalue weighted by Gasteiger charge is -2.13. The predicted molar refractivity (Wildman–Crippen MR) is 104 cm³/mol. The Hall–Kier alpha value is -1.86. The van der Waals surface area contributed by atoms with Crippen LogP contribution >= 0.6 is 0 Å². The second kappa shape index (κ2) is 12.5. The molecule has 0 aliphatic carbocycles. The summed E-state index contributed by atoms with van der Waals surface area (Å²) in [6, 6.07) is 5.25. The number of pyridine rings is 1. The number of guanidine groups is 1. The second-order valence-corrected chi connectivity index (χ2v) is 6.52. The number of aryl methyl sites for hydroxylation is 1. The molecule has 1 aromatic heterocycles. The molecule has 0 saturated carbocycles. The minimum Gasteiger partial charge on any atom is -0.381 e. The van der Waals surface area contributed by atoms with Crippen LogP contribution in [0.4, 0.5) is 0 Å². The topological polar surface area (TPSA) is 76.9 Å². The summed E-state index contributed by atoms with van der Waals surface area (Å²) in [4.78, 5) is 15.8. The molecule has 1 saturated heterocycles. The zero-order valence-electron chi connectivity index (χ0n) is 15.8. The Morgan fingerprint density at radius 1 is 1.31 bits per heavy atom. The number of nitrogens with one attached hydrogen (secondary N) is 2. The van der Waals surface area contributed by atoms with Crippen molar-refractivity contribution in [3.05, 3.63) is 34.7 Å². The summed E-state index contributed by atoms with van der Waals surface area (Å²) in [5.74, 6) is 1.38. The Morgan fingerprint density at radius 2 is 2.15 bits per heavy atom. The predicted octanol–water partition coefficient (Wildman–Crippen LogP) is 1.24. The second-order valence-electron chi connectivity index (χ2n) is 6.52. The maximum absolute atomic E-state index is 11.6. The molecule has 26 heavy (non-hydrogen) atoms. The van der Waals surface area contributed by atoms with Gasteiger partial charge in [0.25, 0.3) is 0 Å². The number of nitrogens with zero attached hydrogens (tertiary/aromatic N) is 2. The van der Waals surface area contributed by atoms with Crippen LogP contribution in [-0.4, -0.2) is 57.1 Å². The minimum atomic E-state index is 0.0561. The highest BCUT2D eigenvalue weighted by molar-refractivity contribution is 5.79. The highest BCUT2D eigenvalue weighted by Gasteiger charge is 2.15. The van der Waals surface area contributed by atoms with E-state index in [2.05, 4.69) is 15.6 Å². The van der Waals surface area contributed by atoms with Crippen LogP contribution < -0.4 is 16.2 Å². The molecule has 0 bridgehead atoms. The zero-order chi connectivity index (χ0) is 18.5. The molecule has 1 atom stereocenters. The van der Waals surface area contributed by atoms with E-state index in [1.165, 1.54) is 0 Å². The van der Waals surface area contributed by atoms with Gasteiger partial charge >= 0.3 is 0 Å². The van der Waals surface area contributed by atoms with E-state index in [0.29, 0.717) is 5.92 Å². The molecule has 2 N–H and O–H groups in total. The molecule has 1 aliphatic rings. The van der Waals surface area contributed by atoms with Gasteiger partial charge in [-0.15, -0.1) is 0 Å². The molecule has 0 amide bonds. The molecule has 146 valence electrons. The van der Waals surface area contributed by atoms with Crippen molar-refractivity contribution >= 4 is 5.96 Å². The number of ether oxygens (including phenoxy) is 2. The van der Waals surface area contributed by atoms with Gasteiger partial charge in [0.05, 0.1) is 13.2 Å². The van der Waals surface area contributed by atoms with Crippen LogP contribution in [0.15, 0.2) is 34.2 Å². The van der Waals surface area contributed by atoms with Crippen LogP contribution in [0.5, 0.6) is 0 Å². The van der Waals surface area contributed by atoms with Gasteiger partial charge in [0.15, 0.2) is 5.96 Å². The third kappa shape index (κ3) is 8.01. The van der Waals surface area contributed by atoms with Gasteiger partial charge in [-0.05, 0) is 31.7 Å². The third-order valence-corrected chi connectivity index (χ3v) is 4.38. The summed E-state index contributed by atoms with van der Waals surface area (Å²) in [5.41, 5.74) is 0.0561. The van der Waals surface area contributed by atoms with Gasteiger partial charge in [0.1, 0.15) is 0 Å². The molecule has 1 fully saturated rings. The van der Waals surface area contributed by atoms with Gasteiger partial charge < -0.3 is 24.7 Å². The van der Waals surface area contributed by atoms with E-state index >= 15 is 0 Å². The highest BCUT2D eigenvalue weighted by Crippen LogP contribution is 2.12. The first-order valence-electron chi connectivity index (χ1n) is 9.55. The molecule has 2 heterocycles. The Kier molecular flexibility index (Phi) is 9.82. The van der Waals surface area contributed by atoms with Crippen molar-refractivity contribution < 1.29 is 9.47 Å². The molecule has 7 heteroatoms. The first-order chi connectivity index (χ1) is 12.8. The quantitative estimate of drug-likeness (QED) is 0.351. The minimum absolute atomic E-state index is 0.0561. The van der Waals surface area contributed by atoms with Crippen LogP contribution in [0.25, 0.3) is 0 Å². The standard InChI is InChI=1S/C19H32N4O3/c1-20-19(22-10-6-13-25-15-17-8-14-26-16-17)21-9-3-5-12-23-11-4-2-7-18(23)24/h2,4,7,11,17H,3,5-6,8-10,12-16H2,1H3,(H2,20,21,22). The molecule has 0 aromatic carbocycles. The van der Waals surface area contributed by atoms with Gasteiger partial charge in [-0.25, -0.2) is 0 Å². The average Bonchev–Trinajstić information content (AvgIpc) is 3.17. The van der Waals surface area contributed by atoms with Crippen molar-refractivity contribution in [1.29, 1.82) is 0 Å². The fraction of sp³-hybridized carbons (Fsp3) is 0.684. The lowest BCUT2D eigenvalue weighted by molar-refractivity contribution is 0.0888. The monoisotopic (exact) mass is 364 g/mol. The Morgan fingerprint density at radius 3 is 2.88 bits per heavy atom. The van der Waals surface area contributed by atoms with Gasteiger partial charge in [-0.1, -0.05) is 6.07 Å². The number of unbranched alkanes of at least 4 members (excludes halogenated alkanes) is 1. The fourth-order valence-electron chi connectivity index (χ4n) is 2.83. The summed E-state index contributed by atoms with van der Waals surface area (Å²) in [7, 11) is 1.77. The van der Waals surface area contributed by atoms with Crippen molar-refractivity contribution in [3.63, 3.8) is 0 Å². The molecule has 1 aliphatic heterocycles. The highest BCUT2D eigenvalue weighted by atomic mass is 16.5. The van der Waals surface area contributed by atoms with E-state index in [4.69, 9.17) is 9.47 Å². The normalized spacial score (nSPS) is 17.4. The van der Waals surface area contributed by atoms with E-state index in [1.807, 2.05) is 12.3 Å². The molecule has 0 spiro atoms. The van der Waals surface area contributed by atoms with E-state index in [1.54, 1.807) is 23.7 Å². The maximum Gasteiger partial charge on any atom is 0.250 e.